The molecule has 4 nitrogen and oxygen atoms in total. The number of nitrogens with one attached hydrogen (secondary N) is 1. The number of carbonyl (C=O) groups is 2. The van der Waals surface area contributed by atoms with Crippen LogP contribution in [0.25, 0.3) is 0 Å². The van der Waals surface area contributed by atoms with Crippen LogP contribution in [-0.2, 0) is 14.3 Å². The van der Waals surface area contributed by atoms with Crippen molar-refractivity contribution in [1.82, 2.24) is 5.32 Å². The van der Waals surface area contributed by atoms with E-state index in [0.717, 1.165) is 13.5 Å². The van der Waals surface area contributed by atoms with Gasteiger partial charge in [-0.05, 0) is 18.3 Å². The van der Waals surface area contributed by atoms with E-state index in [1.807, 2.05) is 20.8 Å². The third-order valence-electron chi connectivity index (χ3n) is 2.47. The number of carbonyl (C=O) groups excluding carboxylic acids is 2. The van der Waals surface area contributed by atoms with Gasteiger partial charge in [-0.2, -0.15) is 13.2 Å². The number of esters is 1. The van der Waals surface area contributed by atoms with E-state index in [0.29, 0.717) is 6.42 Å². The molecule has 0 unspecified atom stereocenters. The zero-order valence-electron chi connectivity index (χ0n) is 11.6. The van der Waals surface area contributed by atoms with Crippen LogP contribution in [0, 0.1) is 5.41 Å². The van der Waals surface area contributed by atoms with Gasteiger partial charge in [0, 0.05) is 0 Å². The Labute approximate surface area is 110 Å². The van der Waals surface area contributed by atoms with Gasteiger partial charge in [0.15, 0.2) is 0 Å². The van der Waals surface area contributed by atoms with Crippen LogP contribution in [0.2, 0.25) is 0 Å². The molecule has 0 fully saturated rings. The molecule has 7 heteroatoms. The second-order valence-electron chi connectivity index (χ2n) is 5.50. The maximum atomic E-state index is 12.1. The van der Waals surface area contributed by atoms with E-state index >= 15 is 0 Å². The van der Waals surface area contributed by atoms with Gasteiger partial charge in [0.25, 0.3) is 0 Å². The molecule has 0 aliphatic heterocycles. The minimum atomic E-state index is -5.00. The van der Waals surface area contributed by atoms with Crippen molar-refractivity contribution < 1.29 is 27.5 Å². The lowest BCUT2D eigenvalue weighted by Crippen LogP contribution is -2.47. The summed E-state index contributed by atoms with van der Waals surface area (Å²) in [5, 5.41) is 1.66. The highest BCUT2D eigenvalue weighted by Crippen LogP contribution is 2.22. The number of amides is 1. The number of rotatable bonds is 5. The van der Waals surface area contributed by atoms with Gasteiger partial charge in [-0.3, -0.25) is 4.79 Å². The van der Waals surface area contributed by atoms with Crippen molar-refractivity contribution in [2.24, 2.45) is 5.41 Å². The Morgan fingerprint density at radius 2 is 1.74 bits per heavy atom. The summed E-state index contributed by atoms with van der Waals surface area (Å²) in [7, 11) is 1.07. The SMILES string of the molecule is COC(=O)[C@H](CCCC(C)(C)C)NC(=O)C(F)(F)F. The fourth-order valence-electron chi connectivity index (χ4n) is 1.47. The van der Waals surface area contributed by atoms with Crippen molar-refractivity contribution in [3.05, 3.63) is 0 Å². The first kappa shape index (κ1) is 17.7. The van der Waals surface area contributed by atoms with E-state index in [4.69, 9.17) is 0 Å². The van der Waals surface area contributed by atoms with E-state index in [2.05, 4.69) is 4.74 Å². The number of halogens is 3. The van der Waals surface area contributed by atoms with Crippen LogP contribution in [-0.4, -0.2) is 31.2 Å². The third kappa shape index (κ3) is 7.69. The molecule has 0 aliphatic carbocycles. The molecule has 0 bridgehead atoms. The lowest BCUT2D eigenvalue weighted by Gasteiger charge is -2.21. The van der Waals surface area contributed by atoms with Gasteiger partial charge in [0.05, 0.1) is 7.11 Å². The molecule has 0 saturated carbocycles. The molecule has 0 aliphatic rings. The standard InChI is InChI=1S/C12H20F3NO3/c1-11(2,3)7-5-6-8(9(17)19-4)16-10(18)12(13,14)15/h8H,5-7H2,1-4H3,(H,16,18)/t8-/m0/s1. The van der Waals surface area contributed by atoms with Crippen molar-refractivity contribution in [3.63, 3.8) is 0 Å². The normalized spacial score (nSPS) is 13.8. The van der Waals surface area contributed by atoms with E-state index in [1.54, 1.807) is 5.32 Å². The summed E-state index contributed by atoms with van der Waals surface area (Å²) >= 11 is 0. The minimum Gasteiger partial charge on any atom is -0.467 e. The average molecular weight is 283 g/mol. The molecule has 0 heterocycles. The number of alkyl halides is 3. The van der Waals surface area contributed by atoms with E-state index < -0.39 is 24.1 Å². The summed E-state index contributed by atoms with van der Waals surface area (Å²) in [6.45, 7) is 5.94. The highest BCUT2D eigenvalue weighted by Gasteiger charge is 2.40. The second kappa shape index (κ2) is 6.77. The Morgan fingerprint density at radius 1 is 1.21 bits per heavy atom. The summed E-state index contributed by atoms with van der Waals surface area (Å²) in [5.74, 6) is -3.00. The Kier molecular flexibility index (Phi) is 6.32. The Balaban J connectivity index is 4.49. The van der Waals surface area contributed by atoms with Crippen LogP contribution >= 0.6 is 0 Å². The number of hydrogen-bond donors (Lipinski definition) is 1. The largest absolute Gasteiger partial charge is 0.471 e. The van der Waals surface area contributed by atoms with Crippen LogP contribution < -0.4 is 5.32 Å². The van der Waals surface area contributed by atoms with Gasteiger partial charge in [-0.15, -0.1) is 0 Å². The van der Waals surface area contributed by atoms with Crippen molar-refractivity contribution in [3.8, 4) is 0 Å². The predicted molar refractivity (Wildman–Crippen MR) is 63.3 cm³/mol. The zero-order valence-corrected chi connectivity index (χ0v) is 11.6. The van der Waals surface area contributed by atoms with Gasteiger partial charge in [-0.1, -0.05) is 27.2 Å². The number of methoxy groups -OCH3 is 1. The highest BCUT2D eigenvalue weighted by molar-refractivity contribution is 5.87. The molecule has 0 radical (unpaired) electrons. The van der Waals surface area contributed by atoms with E-state index in [1.165, 1.54) is 0 Å². The molecule has 112 valence electrons. The summed E-state index contributed by atoms with van der Waals surface area (Å²) in [6, 6.07) is -1.26. The van der Waals surface area contributed by atoms with Crippen molar-refractivity contribution in [2.45, 2.75) is 52.3 Å². The Morgan fingerprint density at radius 3 is 2.11 bits per heavy atom. The van der Waals surface area contributed by atoms with E-state index in [-0.39, 0.29) is 11.8 Å². The molecular formula is C12H20F3NO3. The van der Waals surface area contributed by atoms with Crippen LogP contribution in [0.15, 0.2) is 0 Å². The fraction of sp³-hybridized carbons (Fsp3) is 0.833. The summed E-state index contributed by atoms with van der Waals surface area (Å²) in [5.41, 5.74) is 0.00864. The fourth-order valence-corrected chi connectivity index (χ4v) is 1.47. The van der Waals surface area contributed by atoms with Crippen LogP contribution in [0.3, 0.4) is 0 Å². The molecular weight excluding hydrogens is 263 g/mol. The highest BCUT2D eigenvalue weighted by atomic mass is 19.4. The third-order valence-corrected chi connectivity index (χ3v) is 2.47. The molecule has 0 saturated heterocycles. The monoisotopic (exact) mass is 283 g/mol. The van der Waals surface area contributed by atoms with Crippen molar-refractivity contribution >= 4 is 11.9 Å². The number of ether oxygens (including phenoxy) is 1. The zero-order chi connectivity index (χ0) is 15.3. The van der Waals surface area contributed by atoms with Crippen molar-refractivity contribution in [1.29, 1.82) is 0 Å². The Hall–Kier alpha value is -1.27. The van der Waals surface area contributed by atoms with Gasteiger partial charge in [-0.25, -0.2) is 4.79 Å². The average Bonchev–Trinajstić information content (AvgIpc) is 2.23. The molecule has 1 N–H and O–H groups in total. The topological polar surface area (TPSA) is 55.4 Å². The van der Waals surface area contributed by atoms with E-state index in [9.17, 15) is 22.8 Å². The van der Waals surface area contributed by atoms with Crippen LogP contribution in [0.5, 0.6) is 0 Å². The number of hydrogen-bond acceptors (Lipinski definition) is 3. The Bertz CT molecular complexity index is 321. The van der Waals surface area contributed by atoms with Crippen LogP contribution in [0.1, 0.15) is 40.0 Å². The molecule has 0 aromatic rings. The summed E-state index contributed by atoms with van der Waals surface area (Å²) in [6.07, 6.45) is -3.65. The lowest BCUT2D eigenvalue weighted by atomic mass is 9.89. The molecule has 0 aromatic carbocycles. The first-order valence-corrected chi connectivity index (χ1v) is 5.93. The minimum absolute atomic E-state index is 0.00864. The summed E-state index contributed by atoms with van der Waals surface area (Å²) in [4.78, 5) is 22.1. The first-order chi connectivity index (χ1) is 8.47. The van der Waals surface area contributed by atoms with Gasteiger partial charge < -0.3 is 10.1 Å². The van der Waals surface area contributed by atoms with Gasteiger partial charge in [0.2, 0.25) is 0 Å². The lowest BCUT2D eigenvalue weighted by molar-refractivity contribution is -0.175. The van der Waals surface area contributed by atoms with Gasteiger partial charge in [0.1, 0.15) is 6.04 Å². The molecule has 0 rings (SSSR count). The maximum absolute atomic E-state index is 12.1. The first-order valence-electron chi connectivity index (χ1n) is 5.93. The smallest absolute Gasteiger partial charge is 0.467 e. The summed E-state index contributed by atoms with van der Waals surface area (Å²) < 4.78 is 40.8. The molecule has 19 heavy (non-hydrogen) atoms. The maximum Gasteiger partial charge on any atom is 0.471 e. The molecule has 0 aromatic heterocycles. The molecule has 1 atom stereocenters. The molecule has 1 amide bonds. The predicted octanol–water partition coefficient (Wildman–Crippen LogP) is 2.42. The van der Waals surface area contributed by atoms with Crippen LogP contribution in [0.4, 0.5) is 13.2 Å². The second-order valence-corrected chi connectivity index (χ2v) is 5.50. The quantitative estimate of drug-likeness (QED) is 0.788. The molecule has 0 spiro atoms. The van der Waals surface area contributed by atoms with Gasteiger partial charge >= 0.3 is 18.1 Å². The van der Waals surface area contributed by atoms with Crippen molar-refractivity contribution in [2.75, 3.05) is 7.11 Å².